The molecule has 0 radical (unpaired) electrons. The van der Waals surface area contributed by atoms with E-state index in [-0.39, 0.29) is 24.0 Å². The van der Waals surface area contributed by atoms with Crippen molar-refractivity contribution in [3.8, 4) is 0 Å². The maximum Gasteiger partial charge on any atom is 0.191 e. The number of pyridine rings is 1. The number of piperidine rings is 1. The maximum absolute atomic E-state index is 4.85. The van der Waals surface area contributed by atoms with E-state index in [0.29, 0.717) is 12.6 Å². The van der Waals surface area contributed by atoms with Gasteiger partial charge in [0.2, 0.25) is 0 Å². The minimum atomic E-state index is 0. The van der Waals surface area contributed by atoms with Gasteiger partial charge in [0.25, 0.3) is 0 Å². The Kier molecular flexibility index (Phi) is 8.14. The Morgan fingerprint density at radius 2 is 2.12 bits per heavy atom. The fourth-order valence-corrected chi connectivity index (χ4v) is 2.89. The highest BCUT2D eigenvalue weighted by Crippen LogP contribution is 2.18. The van der Waals surface area contributed by atoms with E-state index in [1.807, 2.05) is 12.3 Å². The van der Waals surface area contributed by atoms with Crippen molar-refractivity contribution in [2.75, 3.05) is 24.5 Å². The third-order valence-electron chi connectivity index (χ3n) is 4.29. The molecule has 7 nitrogen and oxygen atoms in total. The normalized spacial score (nSPS) is 15.5. The van der Waals surface area contributed by atoms with Crippen LogP contribution in [0.5, 0.6) is 0 Å². The van der Waals surface area contributed by atoms with Crippen molar-refractivity contribution in [1.29, 1.82) is 0 Å². The molecule has 1 aliphatic rings. The first kappa shape index (κ1) is 20.5. The van der Waals surface area contributed by atoms with E-state index in [4.69, 9.17) is 4.52 Å². The van der Waals surface area contributed by atoms with Crippen LogP contribution >= 0.6 is 24.0 Å². The lowest BCUT2D eigenvalue weighted by Crippen LogP contribution is -2.48. The van der Waals surface area contributed by atoms with Crippen LogP contribution in [0.2, 0.25) is 0 Å². The molecule has 3 heterocycles. The number of halogens is 1. The summed E-state index contributed by atoms with van der Waals surface area (Å²) in [5, 5.41) is 10.7. The molecule has 1 saturated heterocycles. The van der Waals surface area contributed by atoms with E-state index < -0.39 is 0 Å². The third-order valence-corrected chi connectivity index (χ3v) is 4.29. The van der Waals surface area contributed by atoms with Crippen molar-refractivity contribution in [1.82, 2.24) is 20.8 Å². The summed E-state index contributed by atoms with van der Waals surface area (Å²) < 4.78 is 4.85. The maximum atomic E-state index is 4.85. The molecule has 1 aliphatic heterocycles. The first-order valence-electron chi connectivity index (χ1n) is 8.86. The van der Waals surface area contributed by atoms with Crippen molar-refractivity contribution in [2.24, 2.45) is 4.99 Å². The average Bonchev–Trinajstić information content (AvgIpc) is 3.15. The number of hydrogen-bond donors (Lipinski definition) is 2. The number of anilines is 1. The van der Waals surface area contributed by atoms with Gasteiger partial charge in [-0.25, -0.2) is 9.98 Å². The van der Waals surface area contributed by atoms with Crippen molar-refractivity contribution >= 4 is 35.8 Å². The lowest BCUT2D eigenvalue weighted by molar-refractivity contribution is 0.412. The van der Waals surface area contributed by atoms with E-state index in [2.05, 4.69) is 56.6 Å². The number of guanidine groups is 1. The van der Waals surface area contributed by atoms with Crippen LogP contribution in [-0.2, 0) is 6.54 Å². The molecule has 0 aliphatic carbocycles. The highest BCUT2D eigenvalue weighted by atomic mass is 127. The standard InChI is InChI=1S/C18H26N6O.HI/c1-3-19-18(21-13-16-8-11-25-23-16)22-15-6-9-24(10-7-15)17-5-4-14(2)12-20-17;/h4-5,8,11-12,15H,3,6-7,9-10,13H2,1-2H3,(H2,19,21,22);1H. The van der Waals surface area contributed by atoms with Gasteiger partial charge in [-0.3, -0.25) is 0 Å². The lowest BCUT2D eigenvalue weighted by atomic mass is 10.1. The average molecular weight is 470 g/mol. The Balaban J connectivity index is 0.00000243. The van der Waals surface area contributed by atoms with Crippen LogP contribution in [0.1, 0.15) is 31.0 Å². The minimum Gasteiger partial charge on any atom is -0.364 e. The number of nitrogens with zero attached hydrogens (tertiary/aromatic N) is 4. The molecule has 2 aromatic rings. The summed E-state index contributed by atoms with van der Waals surface area (Å²) in [6.07, 6.45) is 5.62. The highest BCUT2D eigenvalue weighted by molar-refractivity contribution is 14.0. The molecule has 142 valence electrons. The van der Waals surface area contributed by atoms with Gasteiger partial charge >= 0.3 is 0 Å². The monoisotopic (exact) mass is 470 g/mol. The molecule has 26 heavy (non-hydrogen) atoms. The molecule has 3 rings (SSSR count). The number of aryl methyl sites for hydroxylation is 1. The molecule has 0 saturated carbocycles. The summed E-state index contributed by atoms with van der Waals surface area (Å²) in [5.74, 6) is 1.90. The molecule has 0 aromatic carbocycles. The smallest absolute Gasteiger partial charge is 0.191 e. The van der Waals surface area contributed by atoms with Crippen molar-refractivity contribution in [2.45, 2.75) is 39.3 Å². The highest BCUT2D eigenvalue weighted by Gasteiger charge is 2.20. The zero-order chi connectivity index (χ0) is 17.5. The molecule has 2 N–H and O–H groups in total. The van der Waals surface area contributed by atoms with Crippen molar-refractivity contribution in [3.05, 3.63) is 41.9 Å². The van der Waals surface area contributed by atoms with Crippen molar-refractivity contribution in [3.63, 3.8) is 0 Å². The molecule has 2 aromatic heterocycles. The largest absolute Gasteiger partial charge is 0.364 e. The van der Waals surface area contributed by atoms with Crippen LogP contribution in [0.25, 0.3) is 0 Å². The van der Waals surface area contributed by atoms with Crippen LogP contribution in [-0.4, -0.2) is 41.8 Å². The molecule has 0 spiro atoms. The van der Waals surface area contributed by atoms with E-state index in [0.717, 1.165) is 49.9 Å². The van der Waals surface area contributed by atoms with Gasteiger partial charge < -0.3 is 20.1 Å². The van der Waals surface area contributed by atoms with Gasteiger partial charge in [0, 0.05) is 37.9 Å². The van der Waals surface area contributed by atoms with Gasteiger partial charge in [0.1, 0.15) is 17.8 Å². The zero-order valence-electron chi connectivity index (χ0n) is 15.3. The number of aromatic nitrogens is 2. The quantitative estimate of drug-likeness (QED) is 0.398. The molecule has 0 amide bonds. The van der Waals surface area contributed by atoms with E-state index in [9.17, 15) is 0 Å². The Labute approximate surface area is 171 Å². The number of hydrogen-bond acceptors (Lipinski definition) is 5. The topological polar surface area (TPSA) is 78.6 Å². The number of rotatable bonds is 5. The number of nitrogens with one attached hydrogen (secondary N) is 2. The zero-order valence-corrected chi connectivity index (χ0v) is 17.6. The van der Waals surface area contributed by atoms with Gasteiger partial charge in [-0.05, 0) is 38.3 Å². The fraction of sp³-hybridized carbons (Fsp3) is 0.500. The van der Waals surface area contributed by atoms with Crippen LogP contribution < -0.4 is 15.5 Å². The minimum absolute atomic E-state index is 0. The fourth-order valence-electron chi connectivity index (χ4n) is 2.89. The molecule has 8 heteroatoms. The van der Waals surface area contributed by atoms with Crippen LogP contribution in [0.15, 0.2) is 40.2 Å². The van der Waals surface area contributed by atoms with Gasteiger partial charge in [0.15, 0.2) is 5.96 Å². The van der Waals surface area contributed by atoms with Gasteiger partial charge in [-0.15, -0.1) is 24.0 Å². The molecule has 1 fully saturated rings. The van der Waals surface area contributed by atoms with E-state index in [1.54, 1.807) is 6.26 Å². The summed E-state index contributed by atoms with van der Waals surface area (Å²) in [6, 6.07) is 6.47. The van der Waals surface area contributed by atoms with E-state index in [1.165, 1.54) is 5.56 Å². The summed E-state index contributed by atoms with van der Waals surface area (Å²) in [5.41, 5.74) is 2.02. The molecular formula is C18H27IN6O. The van der Waals surface area contributed by atoms with Crippen molar-refractivity contribution < 1.29 is 4.52 Å². The van der Waals surface area contributed by atoms with Gasteiger partial charge in [-0.2, -0.15) is 0 Å². The summed E-state index contributed by atoms with van der Waals surface area (Å²) in [4.78, 5) is 11.5. The van der Waals surface area contributed by atoms with Gasteiger partial charge in [-0.1, -0.05) is 11.2 Å². The predicted molar refractivity (Wildman–Crippen MR) is 114 cm³/mol. The second-order valence-electron chi connectivity index (χ2n) is 6.29. The Hall–Kier alpha value is -1.84. The van der Waals surface area contributed by atoms with Crippen LogP contribution in [0.4, 0.5) is 5.82 Å². The molecule has 0 unspecified atom stereocenters. The predicted octanol–water partition coefficient (Wildman–Crippen LogP) is 2.72. The Morgan fingerprint density at radius 1 is 1.31 bits per heavy atom. The molecule has 0 bridgehead atoms. The summed E-state index contributed by atoms with van der Waals surface area (Å²) in [7, 11) is 0. The molecular weight excluding hydrogens is 443 g/mol. The first-order chi connectivity index (χ1) is 12.2. The summed E-state index contributed by atoms with van der Waals surface area (Å²) >= 11 is 0. The first-order valence-corrected chi connectivity index (χ1v) is 8.86. The summed E-state index contributed by atoms with van der Waals surface area (Å²) in [6.45, 7) is 7.47. The third kappa shape index (κ3) is 5.86. The Morgan fingerprint density at radius 3 is 2.73 bits per heavy atom. The SMILES string of the molecule is CCNC(=NCc1ccon1)NC1CCN(c2ccc(C)cn2)CC1.I. The number of aliphatic imine (C=N–C) groups is 1. The van der Waals surface area contributed by atoms with Gasteiger partial charge in [0.05, 0.1) is 6.54 Å². The Bertz CT molecular complexity index is 665. The van der Waals surface area contributed by atoms with E-state index >= 15 is 0 Å². The second kappa shape index (κ2) is 10.3. The van der Waals surface area contributed by atoms with Crippen LogP contribution in [0.3, 0.4) is 0 Å². The van der Waals surface area contributed by atoms with Crippen LogP contribution in [0, 0.1) is 6.92 Å². The molecule has 0 atom stereocenters. The lowest BCUT2D eigenvalue weighted by Gasteiger charge is -2.33. The second-order valence-corrected chi connectivity index (χ2v) is 6.29.